The largest absolute Gasteiger partial charge is 0.481 e. The van der Waals surface area contributed by atoms with E-state index in [4.69, 9.17) is 14.6 Å². The molecular weight excluding hydrogens is 496 g/mol. The van der Waals surface area contributed by atoms with Gasteiger partial charge in [0.15, 0.2) is 0 Å². The monoisotopic (exact) mass is 528 g/mol. The molecule has 0 unspecified atom stereocenters. The molecule has 200 valence electrons. The maximum absolute atomic E-state index is 12.9. The summed E-state index contributed by atoms with van der Waals surface area (Å²) in [4.78, 5) is 46.0. The molecule has 13 heteroatoms. The summed E-state index contributed by atoms with van der Waals surface area (Å²) in [5, 5.41) is 46.0. The Labute approximate surface area is 212 Å². The van der Waals surface area contributed by atoms with Gasteiger partial charge in [0.05, 0.1) is 25.4 Å². The molecule has 1 aromatic rings. The third-order valence-corrected chi connectivity index (χ3v) is 6.77. The highest BCUT2D eigenvalue weighted by molar-refractivity contribution is 8.01. The summed E-state index contributed by atoms with van der Waals surface area (Å²) in [6.07, 6.45) is -6.68. The quantitative estimate of drug-likeness (QED) is 0.190. The van der Waals surface area contributed by atoms with Crippen molar-refractivity contribution in [2.75, 3.05) is 13.7 Å². The number of ether oxygens (including phenoxy) is 2. The van der Waals surface area contributed by atoms with Crippen LogP contribution in [0.3, 0.4) is 0 Å². The van der Waals surface area contributed by atoms with Gasteiger partial charge in [0.2, 0.25) is 16.7 Å². The summed E-state index contributed by atoms with van der Waals surface area (Å²) in [7, 11) is 1.14. The Kier molecular flexibility index (Phi) is 11.1. The van der Waals surface area contributed by atoms with Crippen LogP contribution in [0.2, 0.25) is 0 Å². The number of esters is 1. The van der Waals surface area contributed by atoms with E-state index in [2.05, 4.69) is 10.6 Å². The van der Waals surface area contributed by atoms with Crippen molar-refractivity contribution in [3.8, 4) is 0 Å². The number of benzene rings is 1. The molecule has 1 aliphatic rings. The topological polar surface area (TPSA) is 192 Å². The SMILES string of the molecule is COC(=O)[C@@]1(Sc2ccccc2)C[C@H](O)[C@@H](NC(C)=O)[C@H]([C@H](O)[C@H](O)CNC(=O)CCCC(=O)O)O1. The second kappa shape index (κ2) is 13.6. The molecule has 0 aromatic heterocycles. The Bertz CT molecular complexity index is 917. The van der Waals surface area contributed by atoms with Gasteiger partial charge >= 0.3 is 11.9 Å². The van der Waals surface area contributed by atoms with Crippen LogP contribution in [0.25, 0.3) is 0 Å². The fourth-order valence-electron chi connectivity index (χ4n) is 3.78. The summed E-state index contributed by atoms with van der Waals surface area (Å²) < 4.78 is 10.9. The number of rotatable bonds is 12. The minimum Gasteiger partial charge on any atom is -0.481 e. The molecular formula is C23H32N2O10S. The maximum Gasteiger partial charge on any atom is 0.349 e. The summed E-state index contributed by atoms with van der Waals surface area (Å²) in [5.74, 6) is -2.95. The van der Waals surface area contributed by atoms with E-state index in [1.165, 1.54) is 6.92 Å². The Hall–Kier alpha value is -2.71. The van der Waals surface area contributed by atoms with E-state index in [1.54, 1.807) is 30.3 Å². The zero-order chi connectivity index (χ0) is 26.9. The second-order valence-corrected chi connectivity index (χ2v) is 9.68. The number of hydrogen-bond acceptors (Lipinski definition) is 10. The number of nitrogens with one attached hydrogen (secondary N) is 2. The molecule has 2 amide bonds. The van der Waals surface area contributed by atoms with Crippen molar-refractivity contribution in [3.05, 3.63) is 30.3 Å². The highest BCUT2D eigenvalue weighted by Gasteiger charge is 2.55. The number of amides is 2. The highest BCUT2D eigenvalue weighted by atomic mass is 32.2. The van der Waals surface area contributed by atoms with E-state index in [0.717, 1.165) is 18.9 Å². The first-order valence-corrected chi connectivity index (χ1v) is 12.1. The Balaban J connectivity index is 2.23. The van der Waals surface area contributed by atoms with Crippen molar-refractivity contribution < 1.29 is 49.1 Å². The molecule has 1 fully saturated rings. The third-order valence-electron chi connectivity index (χ3n) is 5.50. The lowest BCUT2D eigenvalue weighted by Gasteiger charge is -2.47. The van der Waals surface area contributed by atoms with Crippen molar-refractivity contribution in [2.45, 2.75) is 72.9 Å². The highest BCUT2D eigenvalue weighted by Crippen LogP contribution is 2.44. The lowest BCUT2D eigenvalue weighted by Crippen LogP contribution is -2.66. The first-order valence-electron chi connectivity index (χ1n) is 11.3. The van der Waals surface area contributed by atoms with Crippen LogP contribution < -0.4 is 10.6 Å². The maximum atomic E-state index is 12.9. The molecule has 36 heavy (non-hydrogen) atoms. The smallest absolute Gasteiger partial charge is 0.349 e. The fraction of sp³-hybridized carbons (Fsp3) is 0.565. The molecule has 1 aliphatic heterocycles. The summed E-state index contributed by atoms with van der Waals surface area (Å²) >= 11 is 0.952. The Morgan fingerprint density at radius 1 is 1.19 bits per heavy atom. The molecule has 6 N–H and O–H groups in total. The first kappa shape index (κ1) is 29.5. The summed E-state index contributed by atoms with van der Waals surface area (Å²) in [6, 6.07) is 7.49. The second-order valence-electron chi connectivity index (χ2n) is 8.35. The summed E-state index contributed by atoms with van der Waals surface area (Å²) in [6.45, 7) is 0.775. The number of carboxylic acids is 1. The number of carbonyl (C=O) groups is 4. The van der Waals surface area contributed by atoms with Crippen LogP contribution >= 0.6 is 11.8 Å². The minimum absolute atomic E-state index is 0.0958. The first-order chi connectivity index (χ1) is 17.0. The Morgan fingerprint density at radius 3 is 2.44 bits per heavy atom. The van der Waals surface area contributed by atoms with Gasteiger partial charge in [-0.25, -0.2) is 4.79 Å². The number of thioether (sulfide) groups is 1. The van der Waals surface area contributed by atoms with Gasteiger partial charge in [0.1, 0.15) is 12.2 Å². The van der Waals surface area contributed by atoms with Crippen molar-refractivity contribution >= 4 is 35.5 Å². The predicted molar refractivity (Wildman–Crippen MR) is 127 cm³/mol. The molecule has 0 aliphatic carbocycles. The number of aliphatic carboxylic acids is 1. The Morgan fingerprint density at radius 2 is 1.86 bits per heavy atom. The van der Waals surface area contributed by atoms with Crippen molar-refractivity contribution in [2.24, 2.45) is 0 Å². The number of carbonyl (C=O) groups excluding carboxylic acids is 3. The van der Waals surface area contributed by atoms with E-state index < -0.39 is 65.7 Å². The van der Waals surface area contributed by atoms with Gasteiger partial charge in [-0.05, 0) is 18.6 Å². The number of hydrogen-bond donors (Lipinski definition) is 6. The van der Waals surface area contributed by atoms with Gasteiger partial charge in [0, 0.05) is 37.6 Å². The van der Waals surface area contributed by atoms with Gasteiger partial charge in [-0.3, -0.25) is 14.4 Å². The lowest BCUT2D eigenvalue weighted by molar-refractivity contribution is -0.204. The lowest BCUT2D eigenvalue weighted by atomic mass is 9.89. The van der Waals surface area contributed by atoms with Crippen molar-refractivity contribution in [1.82, 2.24) is 10.6 Å². The van der Waals surface area contributed by atoms with Crippen molar-refractivity contribution in [3.63, 3.8) is 0 Å². The van der Waals surface area contributed by atoms with E-state index in [0.29, 0.717) is 4.90 Å². The van der Waals surface area contributed by atoms with Crippen LogP contribution in [0.4, 0.5) is 0 Å². The molecule has 0 radical (unpaired) electrons. The van der Waals surface area contributed by atoms with Gasteiger partial charge in [-0.2, -0.15) is 0 Å². The molecule has 0 spiro atoms. The zero-order valence-electron chi connectivity index (χ0n) is 20.0. The van der Waals surface area contributed by atoms with E-state index in [-0.39, 0.29) is 25.7 Å². The number of aliphatic hydroxyl groups is 3. The van der Waals surface area contributed by atoms with Crippen LogP contribution in [0.5, 0.6) is 0 Å². The number of aliphatic hydroxyl groups excluding tert-OH is 3. The van der Waals surface area contributed by atoms with Gasteiger partial charge in [-0.15, -0.1) is 0 Å². The standard InChI is InChI=1S/C23H32N2O10S/c1-13(26)25-19-15(27)11-23(22(33)34-2,36-14-7-4-3-5-8-14)35-21(19)20(32)16(28)12-24-17(29)9-6-10-18(30)31/h3-5,7-8,15-16,19-21,27-28,32H,6,9-12H2,1-2H3,(H,24,29)(H,25,26)(H,30,31)/t15-,16+,19+,20+,21+,23-/m0/s1. The molecule has 2 rings (SSSR count). The van der Waals surface area contributed by atoms with Gasteiger partial charge < -0.3 is 40.5 Å². The molecule has 1 aromatic carbocycles. The normalized spacial score (nSPS) is 25.3. The van der Waals surface area contributed by atoms with Crippen LogP contribution in [0, 0.1) is 0 Å². The fourth-order valence-corrected chi connectivity index (χ4v) is 5.03. The molecule has 0 bridgehead atoms. The zero-order valence-corrected chi connectivity index (χ0v) is 20.8. The summed E-state index contributed by atoms with van der Waals surface area (Å²) in [5.41, 5.74) is 0. The average Bonchev–Trinajstić information content (AvgIpc) is 2.83. The van der Waals surface area contributed by atoms with Gasteiger partial charge in [-0.1, -0.05) is 30.0 Å². The molecule has 0 saturated carbocycles. The molecule has 1 heterocycles. The van der Waals surface area contributed by atoms with Crippen LogP contribution in [-0.4, -0.2) is 93.2 Å². The molecule has 1 saturated heterocycles. The van der Waals surface area contributed by atoms with Gasteiger partial charge in [0.25, 0.3) is 0 Å². The van der Waals surface area contributed by atoms with Crippen LogP contribution in [0.1, 0.15) is 32.6 Å². The van der Waals surface area contributed by atoms with E-state index in [9.17, 15) is 34.5 Å². The molecule has 6 atom stereocenters. The number of methoxy groups -OCH3 is 1. The molecule has 12 nitrogen and oxygen atoms in total. The minimum atomic E-state index is -1.81. The number of carboxylic acid groups (broad SMARTS) is 1. The average molecular weight is 529 g/mol. The van der Waals surface area contributed by atoms with Crippen LogP contribution in [-0.2, 0) is 28.7 Å². The van der Waals surface area contributed by atoms with Crippen molar-refractivity contribution in [1.29, 1.82) is 0 Å². The van der Waals surface area contributed by atoms with E-state index in [1.807, 2.05) is 0 Å². The van der Waals surface area contributed by atoms with E-state index >= 15 is 0 Å². The van der Waals surface area contributed by atoms with Crippen LogP contribution in [0.15, 0.2) is 35.2 Å². The predicted octanol–water partition coefficient (Wildman–Crippen LogP) is -0.605. The third kappa shape index (κ3) is 8.17.